The molecule has 0 aliphatic heterocycles. The summed E-state index contributed by atoms with van der Waals surface area (Å²) in [6.07, 6.45) is 1.64. The second-order valence-corrected chi connectivity index (χ2v) is 5.98. The smallest absolute Gasteiger partial charge is 0.296 e. The first-order valence-electron chi connectivity index (χ1n) is 6.32. The maximum Gasteiger partial charge on any atom is 0.296 e. The molecule has 0 aliphatic carbocycles. The third kappa shape index (κ3) is 4.31. The van der Waals surface area contributed by atoms with Gasteiger partial charge in [0.25, 0.3) is 10.0 Å². The minimum Gasteiger partial charge on any atom is -0.446 e. The van der Waals surface area contributed by atoms with E-state index in [1.54, 1.807) is 32.5 Å². The molecule has 0 amide bonds. The predicted octanol–water partition coefficient (Wildman–Crippen LogP) is 0.550. The van der Waals surface area contributed by atoms with Crippen molar-refractivity contribution >= 4 is 15.8 Å². The summed E-state index contributed by atoms with van der Waals surface area (Å²) in [6.45, 7) is 1.67. The quantitative estimate of drug-likeness (QED) is 0.691. The second-order valence-electron chi connectivity index (χ2n) is 4.37. The minimum atomic E-state index is -3.76. The Morgan fingerprint density at radius 2 is 2.19 bits per heavy atom. The number of nitrogens with one attached hydrogen (secondary N) is 2. The van der Waals surface area contributed by atoms with E-state index in [0.717, 1.165) is 0 Å². The number of methoxy groups -OCH3 is 1. The monoisotopic (exact) mass is 314 g/mol. The van der Waals surface area contributed by atoms with Gasteiger partial charge in [0, 0.05) is 33.0 Å². The van der Waals surface area contributed by atoms with Crippen LogP contribution in [0.3, 0.4) is 0 Å². The summed E-state index contributed by atoms with van der Waals surface area (Å²) in [5, 5.41) is 6.89. The largest absolute Gasteiger partial charge is 0.446 e. The van der Waals surface area contributed by atoms with Gasteiger partial charge in [-0.25, -0.2) is 0 Å². The van der Waals surface area contributed by atoms with Gasteiger partial charge in [0.15, 0.2) is 5.82 Å². The lowest BCUT2D eigenvalue weighted by Gasteiger charge is -2.03. The van der Waals surface area contributed by atoms with Gasteiger partial charge in [-0.1, -0.05) is 0 Å². The normalized spacial score (nSPS) is 11.7. The highest BCUT2D eigenvalue weighted by Gasteiger charge is 2.19. The number of aryl methyl sites for hydroxylation is 1. The van der Waals surface area contributed by atoms with Gasteiger partial charge >= 0.3 is 0 Å². The number of hydrogen-bond donors (Lipinski definition) is 2. The Bertz CT molecular complexity index is 677. The average molecular weight is 314 g/mol. The van der Waals surface area contributed by atoms with Gasteiger partial charge in [-0.3, -0.25) is 9.40 Å². The number of ether oxygens (including phenoxy) is 1. The van der Waals surface area contributed by atoms with Gasteiger partial charge < -0.3 is 14.5 Å². The van der Waals surface area contributed by atoms with Crippen LogP contribution in [0.4, 0.5) is 5.82 Å². The van der Waals surface area contributed by atoms with E-state index in [2.05, 4.69) is 15.1 Å². The molecule has 0 bridgehead atoms. The lowest BCUT2D eigenvalue weighted by Crippen LogP contribution is -2.18. The summed E-state index contributed by atoms with van der Waals surface area (Å²) < 4.78 is 38.3. The Labute approximate surface area is 123 Å². The lowest BCUT2D eigenvalue weighted by atomic mass is 10.4. The highest BCUT2D eigenvalue weighted by Crippen LogP contribution is 2.17. The Balaban J connectivity index is 1.98. The van der Waals surface area contributed by atoms with Crippen LogP contribution in [0, 0.1) is 0 Å². The molecule has 0 atom stereocenters. The van der Waals surface area contributed by atoms with Crippen LogP contribution in [0.15, 0.2) is 33.9 Å². The van der Waals surface area contributed by atoms with E-state index in [9.17, 15) is 8.42 Å². The van der Waals surface area contributed by atoms with Crippen LogP contribution in [-0.4, -0.2) is 38.5 Å². The predicted molar refractivity (Wildman–Crippen MR) is 76.3 cm³/mol. The van der Waals surface area contributed by atoms with Crippen LogP contribution >= 0.6 is 0 Å². The molecule has 0 aliphatic rings. The van der Waals surface area contributed by atoms with E-state index in [1.165, 1.54) is 10.7 Å². The van der Waals surface area contributed by atoms with E-state index in [-0.39, 0.29) is 10.9 Å². The Hall–Kier alpha value is -1.84. The van der Waals surface area contributed by atoms with Crippen LogP contribution in [0.1, 0.15) is 5.76 Å². The van der Waals surface area contributed by atoms with Gasteiger partial charge in [0.2, 0.25) is 5.09 Å². The van der Waals surface area contributed by atoms with Crippen LogP contribution in [0.2, 0.25) is 0 Å². The minimum absolute atomic E-state index is 0.142. The molecule has 21 heavy (non-hydrogen) atoms. The molecule has 0 radical (unpaired) electrons. The fraction of sp³-hybridized carbons (Fsp3) is 0.417. The van der Waals surface area contributed by atoms with Gasteiger partial charge in [-0.2, -0.15) is 13.5 Å². The van der Waals surface area contributed by atoms with E-state index in [0.29, 0.717) is 25.5 Å². The zero-order valence-corrected chi connectivity index (χ0v) is 12.7. The van der Waals surface area contributed by atoms with Gasteiger partial charge in [-0.15, -0.1) is 0 Å². The summed E-state index contributed by atoms with van der Waals surface area (Å²) in [5.41, 5.74) is 0. The molecule has 116 valence electrons. The number of sulfonamides is 1. The van der Waals surface area contributed by atoms with E-state index >= 15 is 0 Å². The Morgan fingerprint density at radius 1 is 1.38 bits per heavy atom. The van der Waals surface area contributed by atoms with Crippen molar-refractivity contribution in [1.29, 1.82) is 0 Å². The number of anilines is 1. The maximum atomic E-state index is 12.1. The summed E-state index contributed by atoms with van der Waals surface area (Å²) in [6, 6.07) is 4.60. The third-order valence-corrected chi connectivity index (χ3v) is 3.86. The van der Waals surface area contributed by atoms with Gasteiger partial charge in [0.05, 0.1) is 13.2 Å². The number of hydrogen-bond acceptors (Lipinski definition) is 6. The van der Waals surface area contributed by atoms with Crippen LogP contribution in [-0.2, 0) is 28.4 Å². The number of aromatic nitrogens is 2. The highest BCUT2D eigenvalue weighted by atomic mass is 32.2. The van der Waals surface area contributed by atoms with Crippen molar-refractivity contribution in [3.05, 3.63) is 30.2 Å². The molecule has 8 nitrogen and oxygen atoms in total. The van der Waals surface area contributed by atoms with Crippen molar-refractivity contribution in [2.45, 2.75) is 11.6 Å². The first-order valence-corrected chi connectivity index (χ1v) is 7.80. The molecule has 2 aromatic rings. The van der Waals surface area contributed by atoms with Crippen LogP contribution in [0.5, 0.6) is 0 Å². The third-order valence-electron chi connectivity index (χ3n) is 2.64. The van der Waals surface area contributed by atoms with Crippen LogP contribution in [0.25, 0.3) is 0 Å². The molecule has 2 N–H and O–H groups in total. The molecule has 9 heteroatoms. The molecule has 0 unspecified atom stereocenters. The highest BCUT2D eigenvalue weighted by molar-refractivity contribution is 7.92. The van der Waals surface area contributed by atoms with E-state index in [1.807, 2.05) is 0 Å². The number of furan rings is 1. The molecule has 0 spiro atoms. The second kappa shape index (κ2) is 6.74. The lowest BCUT2D eigenvalue weighted by molar-refractivity contribution is 0.198. The maximum absolute atomic E-state index is 12.1. The van der Waals surface area contributed by atoms with E-state index < -0.39 is 10.0 Å². The Kier molecular flexibility index (Phi) is 4.99. The molecule has 2 aromatic heterocycles. The molecule has 2 heterocycles. The zero-order valence-electron chi connectivity index (χ0n) is 11.9. The topological polar surface area (TPSA) is 98.4 Å². The summed E-state index contributed by atoms with van der Waals surface area (Å²) >= 11 is 0. The molecule has 2 rings (SSSR count). The van der Waals surface area contributed by atoms with Crippen LogP contribution < -0.4 is 10.0 Å². The average Bonchev–Trinajstić information content (AvgIpc) is 3.04. The molecular weight excluding hydrogens is 296 g/mol. The fourth-order valence-corrected chi connectivity index (χ4v) is 2.59. The van der Waals surface area contributed by atoms with Gasteiger partial charge in [0.1, 0.15) is 5.76 Å². The van der Waals surface area contributed by atoms with E-state index in [4.69, 9.17) is 9.15 Å². The van der Waals surface area contributed by atoms with Gasteiger partial charge in [-0.05, 0) is 12.1 Å². The number of nitrogens with zero attached hydrogens (tertiary/aromatic N) is 2. The molecule has 0 saturated carbocycles. The number of rotatable bonds is 8. The molecule has 0 aromatic carbocycles. The van der Waals surface area contributed by atoms with Crippen molar-refractivity contribution in [3.63, 3.8) is 0 Å². The summed E-state index contributed by atoms with van der Waals surface area (Å²) in [5.74, 6) is 0.779. The summed E-state index contributed by atoms with van der Waals surface area (Å²) in [4.78, 5) is 0. The molecule has 0 fully saturated rings. The Morgan fingerprint density at radius 3 is 2.86 bits per heavy atom. The van der Waals surface area contributed by atoms with Crippen molar-refractivity contribution in [3.8, 4) is 0 Å². The molecular formula is C12H18N4O4S. The molecule has 0 saturated heterocycles. The fourth-order valence-electron chi connectivity index (χ4n) is 1.64. The van der Waals surface area contributed by atoms with Crippen molar-refractivity contribution in [2.75, 3.05) is 25.0 Å². The standard InChI is InChI=1S/C12H18N4O4S/c1-16-7-5-11(14-16)15-21(17,18)12-4-3-10(20-12)9-13-6-8-19-2/h3-5,7,13H,6,8-9H2,1-2H3,(H,14,15). The van der Waals surface area contributed by atoms with Crippen molar-refractivity contribution < 1.29 is 17.6 Å². The first kappa shape index (κ1) is 15.5. The summed E-state index contributed by atoms with van der Waals surface area (Å²) in [7, 11) is -0.443. The first-order chi connectivity index (χ1) is 10.0. The van der Waals surface area contributed by atoms with Crippen molar-refractivity contribution in [1.82, 2.24) is 15.1 Å². The zero-order chi connectivity index (χ0) is 15.3. The SMILES string of the molecule is COCCNCc1ccc(S(=O)(=O)Nc2ccn(C)n2)o1. The van der Waals surface area contributed by atoms with Crippen molar-refractivity contribution in [2.24, 2.45) is 7.05 Å².